The van der Waals surface area contributed by atoms with E-state index in [0.717, 1.165) is 33.6 Å². The van der Waals surface area contributed by atoms with Gasteiger partial charge < -0.3 is 0 Å². The summed E-state index contributed by atoms with van der Waals surface area (Å²) in [6, 6.07) is 48.0. The fourth-order valence-electron chi connectivity index (χ4n) is 6.58. The Kier molecular flexibility index (Phi) is 7.28. The van der Waals surface area contributed by atoms with Crippen molar-refractivity contribution in [2.45, 2.75) is 0 Å². The van der Waals surface area contributed by atoms with Gasteiger partial charge in [-0.25, -0.2) is 0 Å². The number of benzene rings is 4. The molecular formula is C44H26N2S4. The summed E-state index contributed by atoms with van der Waals surface area (Å²) in [5.74, 6) is 0. The molecule has 10 rings (SSSR count). The molecule has 4 aromatic carbocycles. The lowest BCUT2D eigenvalue weighted by Crippen LogP contribution is -1.85. The number of pyridine rings is 2. The second-order valence-electron chi connectivity index (χ2n) is 12.3. The van der Waals surface area contributed by atoms with Gasteiger partial charge in [-0.05, 0) is 70.4 Å². The summed E-state index contributed by atoms with van der Waals surface area (Å²) >= 11 is 7.24. The van der Waals surface area contributed by atoms with Crippen LogP contribution in [0.3, 0.4) is 0 Å². The summed E-state index contributed by atoms with van der Waals surface area (Å²) in [5.41, 5.74) is 11.6. The average molecular weight is 711 g/mol. The van der Waals surface area contributed by atoms with Gasteiger partial charge in [0.25, 0.3) is 0 Å². The van der Waals surface area contributed by atoms with E-state index >= 15 is 0 Å². The number of aromatic nitrogens is 2. The van der Waals surface area contributed by atoms with Gasteiger partial charge in [0.2, 0.25) is 0 Å². The van der Waals surface area contributed by atoms with Gasteiger partial charge in [0.1, 0.15) is 0 Å². The standard InChI is InChI=1S/C44H26N2S4/c1-3-7-39-33(5-1)35(25-47-39)27-9-13-29(14-10-27)37-19-17-31(23-45-37)41-21-43-44(49-41)22-42(50-43)32-18-20-38(46-24-32)30-15-11-28(12-16-30)36-26-48-40-8-4-2-6-34(36)40/h1-26H. The van der Waals surface area contributed by atoms with Crippen LogP contribution in [0.15, 0.2) is 157 Å². The molecule has 0 atom stereocenters. The third-order valence-electron chi connectivity index (χ3n) is 9.25. The van der Waals surface area contributed by atoms with E-state index in [-0.39, 0.29) is 0 Å². The first-order chi connectivity index (χ1) is 24.7. The van der Waals surface area contributed by atoms with Crippen molar-refractivity contribution in [2.24, 2.45) is 0 Å². The fourth-order valence-corrected chi connectivity index (χ4v) is 10.9. The SMILES string of the molecule is c1ccc2c(-c3ccc(-c4ccc(-c5cc6sc(-c7ccc(-c8ccc(-c9csc%10ccccc9%10)cc8)nc7)cc6s5)cn4)cc3)csc2c1. The zero-order chi connectivity index (χ0) is 33.0. The molecule has 0 spiro atoms. The molecule has 0 bridgehead atoms. The van der Waals surface area contributed by atoms with Crippen molar-refractivity contribution in [1.82, 2.24) is 9.97 Å². The number of fused-ring (bicyclic) bond motifs is 3. The molecule has 0 aliphatic carbocycles. The van der Waals surface area contributed by atoms with Crippen LogP contribution in [0.2, 0.25) is 0 Å². The van der Waals surface area contributed by atoms with Crippen LogP contribution in [0.25, 0.3) is 95.2 Å². The molecule has 2 nitrogen and oxygen atoms in total. The maximum atomic E-state index is 4.85. The average Bonchev–Trinajstić information content (AvgIpc) is 3.98. The molecule has 0 saturated carbocycles. The van der Waals surface area contributed by atoms with Gasteiger partial charge in [0.15, 0.2) is 0 Å². The van der Waals surface area contributed by atoms with Crippen molar-refractivity contribution in [3.63, 3.8) is 0 Å². The van der Waals surface area contributed by atoms with E-state index in [0.29, 0.717) is 0 Å². The van der Waals surface area contributed by atoms with Gasteiger partial charge in [0, 0.05) is 85.1 Å². The molecule has 0 aliphatic rings. The molecule has 0 unspecified atom stereocenters. The monoisotopic (exact) mass is 710 g/mol. The topological polar surface area (TPSA) is 25.8 Å². The molecule has 0 radical (unpaired) electrons. The molecule has 0 amide bonds. The Balaban J connectivity index is 0.839. The zero-order valence-electron chi connectivity index (χ0n) is 26.5. The van der Waals surface area contributed by atoms with E-state index in [2.05, 4.69) is 144 Å². The summed E-state index contributed by atoms with van der Waals surface area (Å²) in [5, 5.41) is 7.13. The minimum atomic E-state index is 0.985. The minimum absolute atomic E-state index is 0.985. The lowest BCUT2D eigenvalue weighted by Gasteiger charge is -2.05. The quantitative estimate of drug-likeness (QED) is 0.172. The van der Waals surface area contributed by atoms with Crippen LogP contribution in [0.5, 0.6) is 0 Å². The van der Waals surface area contributed by atoms with Crippen LogP contribution in [-0.4, -0.2) is 9.97 Å². The molecule has 0 aliphatic heterocycles. The maximum absolute atomic E-state index is 4.85. The van der Waals surface area contributed by atoms with Crippen molar-refractivity contribution in [2.75, 3.05) is 0 Å². The maximum Gasteiger partial charge on any atom is 0.0702 e. The fraction of sp³-hybridized carbons (Fsp3) is 0. The number of rotatable bonds is 6. The third-order valence-corrected chi connectivity index (χ3v) is 13.6. The summed E-state index contributed by atoms with van der Waals surface area (Å²) in [4.78, 5) is 12.2. The van der Waals surface area contributed by atoms with Crippen LogP contribution in [-0.2, 0) is 0 Å². The van der Waals surface area contributed by atoms with Crippen molar-refractivity contribution in [1.29, 1.82) is 0 Å². The highest BCUT2D eigenvalue weighted by atomic mass is 32.1. The van der Waals surface area contributed by atoms with Gasteiger partial charge in [-0.3, -0.25) is 9.97 Å². The first-order valence-electron chi connectivity index (χ1n) is 16.3. The van der Waals surface area contributed by atoms with Crippen LogP contribution in [0.4, 0.5) is 0 Å². The normalized spacial score (nSPS) is 11.6. The van der Waals surface area contributed by atoms with Crippen molar-refractivity contribution in [3.05, 3.63) is 157 Å². The van der Waals surface area contributed by atoms with Crippen LogP contribution >= 0.6 is 45.3 Å². The lowest BCUT2D eigenvalue weighted by molar-refractivity contribution is 1.33. The van der Waals surface area contributed by atoms with E-state index in [1.54, 1.807) is 22.7 Å². The smallest absolute Gasteiger partial charge is 0.0702 e. The number of nitrogens with zero attached hydrogens (tertiary/aromatic N) is 2. The predicted octanol–water partition coefficient (Wildman–Crippen LogP) is 14.2. The number of hydrogen-bond acceptors (Lipinski definition) is 6. The van der Waals surface area contributed by atoms with Gasteiger partial charge in [-0.15, -0.1) is 45.3 Å². The van der Waals surface area contributed by atoms with E-state index < -0.39 is 0 Å². The summed E-state index contributed by atoms with van der Waals surface area (Å²) in [7, 11) is 0. The minimum Gasteiger partial charge on any atom is -0.256 e. The van der Waals surface area contributed by atoms with Crippen LogP contribution < -0.4 is 0 Å². The molecule has 10 aromatic rings. The highest BCUT2D eigenvalue weighted by molar-refractivity contribution is 7.31. The van der Waals surface area contributed by atoms with Gasteiger partial charge in [0.05, 0.1) is 11.4 Å². The van der Waals surface area contributed by atoms with E-state index in [4.69, 9.17) is 9.97 Å². The summed E-state index contributed by atoms with van der Waals surface area (Å²) < 4.78 is 5.23. The lowest BCUT2D eigenvalue weighted by atomic mass is 10.0. The van der Waals surface area contributed by atoms with Crippen molar-refractivity contribution in [3.8, 4) is 65.6 Å². The molecule has 0 fully saturated rings. The molecule has 236 valence electrons. The second-order valence-corrected chi connectivity index (χ2v) is 16.2. The Hall–Kier alpha value is -5.24. The Morgan fingerprint density at radius 2 is 0.760 bits per heavy atom. The first-order valence-corrected chi connectivity index (χ1v) is 19.7. The third kappa shape index (κ3) is 5.29. The van der Waals surface area contributed by atoms with Gasteiger partial charge in [-0.1, -0.05) is 84.9 Å². The van der Waals surface area contributed by atoms with E-state index in [1.807, 2.05) is 35.1 Å². The predicted molar refractivity (Wildman–Crippen MR) is 219 cm³/mol. The first kappa shape index (κ1) is 29.7. The molecular weight excluding hydrogens is 685 g/mol. The molecule has 6 aromatic heterocycles. The Morgan fingerprint density at radius 1 is 0.360 bits per heavy atom. The van der Waals surface area contributed by atoms with Gasteiger partial charge in [-0.2, -0.15) is 0 Å². The van der Waals surface area contributed by atoms with E-state index in [9.17, 15) is 0 Å². The van der Waals surface area contributed by atoms with Crippen molar-refractivity contribution >= 4 is 74.9 Å². The van der Waals surface area contributed by atoms with E-state index in [1.165, 1.54) is 61.6 Å². The molecule has 0 saturated heterocycles. The number of hydrogen-bond donors (Lipinski definition) is 0. The summed E-state index contributed by atoms with van der Waals surface area (Å²) in [6.07, 6.45) is 4.01. The zero-order valence-corrected chi connectivity index (χ0v) is 29.8. The Morgan fingerprint density at radius 3 is 1.18 bits per heavy atom. The van der Waals surface area contributed by atoms with Crippen LogP contribution in [0, 0.1) is 0 Å². The highest BCUT2D eigenvalue weighted by Gasteiger charge is 2.13. The van der Waals surface area contributed by atoms with Crippen LogP contribution in [0.1, 0.15) is 0 Å². The summed E-state index contributed by atoms with van der Waals surface area (Å²) in [6.45, 7) is 0. The largest absolute Gasteiger partial charge is 0.256 e. The molecule has 6 heteroatoms. The Bertz CT molecular complexity index is 2560. The van der Waals surface area contributed by atoms with Gasteiger partial charge >= 0.3 is 0 Å². The number of thiophene rings is 4. The van der Waals surface area contributed by atoms with Crippen molar-refractivity contribution < 1.29 is 0 Å². The Labute approximate surface area is 305 Å². The molecule has 6 heterocycles. The molecule has 0 N–H and O–H groups in total. The highest BCUT2D eigenvalue weighted by Crippen LogP contribution is 2.42. The molecule has 50 heavy (non-hydrogen) atoms. The second kappa shape index (κ2) is 12.3.